The van der Waals surface area contributed by atoms with Crippen LogP contribution in [0.15, 0.2) is 48.5 Å². The van der Waals surface area contributed by atoms with Gasteiger partial charge >= 0.3 is 0 Å². The quantitative estimate of drug-likeness (QED) is 0.767. The minimum Gasteiger partial charge on any atom is -0.505 e. The summed E-state index contributed by atoms with van der Waals surface area (Å²) in [4.78, 5) is 2.22. The molecule has 26 heavy (non-hydrogen) atoms. The maximum absolute atomic E-state index is 13.5. The molecule has 4 rings (SSSR count). The highest BCUT2D eigenvalue weighted by Crippen LogP contribution is 2.20. The Morgan fingerprint density at radius 2 is 1.81 bits per heavy atom. The van der Waals surface area contributed by atoms with Gasteiger partial charge in [-0.25, -0.2) is 4.39 Å². The van der Waals surface area contributed by atoms with Crippen LogP contribution in [0.25, 0.3) is 0 Å². The fourth-order valence-electron chi connectivity index (χ4n) is 3.40. The van der Waals surface area contributed by atoms with Crippen molar-refractivity contribution in [1.29, 1.82) is 0 Å². The molecule has 0 saturated heterocycles. The van der Waals surface area contributed by atoms with Crippen molar-refractivity contribution < 1.29 is 9.50 Å². The van der Waals surface area contributed by atoms with Gasteiger partial charge in [0, 0.05) is 26.1 Å². The lowest BCUT2D eigenvalue weighted by Gasteiger charge is -2.27. The molecular formula is C20H21FN4O. The molecule has 134 valence electrons. The molecule has 0 radical (unpaired) electrons. The second kappa shape index (κ2) is 7.25. The van der Waals surface area contributed by atoms with Crippen LogP contribution in [-0.4, -0.2) is 31.3 Å². The van der Waals surface area contributed by atoms with Gasteiger partial charge in [0.25, 0.3) is 0 Å². The molecular weight excluding hydrogens is 331 g/mol. The van der Waals surface area contributed by atoms with Crippen molar-refractivity contribution in [3.63, 3.8) is 0 Å². The van der Waals surface area contributed by atoms with Crippen LogP contribution in [0.3, 0.4) is 0 Å². The third-order valence-corrected chi connectivity index (χ3v) is 4.81. The Labute approximate surface area is 151 Å². The lowest BCUT2D eigenvalue weighted by molar-refractivity contribution is 0.207. The average Bonchev–Trinajstić information content (AvgIpc) is 3.06. The zero-order valence-corrected chi connectivity index (χ0v) is 14.5. The molecule has 0 saturated carbocycles. The number of phenolic OH excluding ortho intramolecular Hbond substituents is 1. The highest BCUT2D eigenvalue weighted by molar-refractivity contribution is 5.28. The van der Waals surface area contributed by atoms with Gasteiger partial charge in [-0.2, -0.15) is 0 Å². The fourth-order valence-corrected chi connectivity index (χ4v) is 3.40. The van der Waals surface area contributed by atoms with Crippen molar-refractivity contribution in [2.45, 2.75) is 32.5 Å². The van der Waals surface area contributed by atoms with E-state index in [-0.39, 0.29) is 5.75 Å². The fraction of sp³-hybridized carbons (Fsp3) is 0.300. The lowest BCUT2D eigenvalue weighted by Crippen LogP contribution is -2.34. The molecule has 1 aliphatic rings. The first-order valence-corrected chi connectivity index (χ1v) is 8.83. The molecule has 1 aliphatic heterocycles. The molecule has 0 fully saturated rings. The summed E-state index contributed by atoms with van der Waals surface area (Å²) in [5.41, 5.74) is 2.15. The number of aryl methyl sites for hydroxylation is 2. The zero-order valence-electron chi connectivity index (χ0n) is 14.5. The number of hydrogen-bond donors (Lipinski definition) is 1. The molecule has 0 unspecified atom stereocenters. The van der Waals surface area contributed by atoms with Gasteiger partial charge in [0.15, 0.2) is 11.6 Å². The molecule has 2 aromatic carbocycles. The van der Waals surface area contributed by atoms with Crippen molar-refractivity contribution >= 4 is 0 Å². The van der Waals surface area contributed by atoms with E-state index >= 15 is 0 Å². The number of hydrogen-bond acceptors (Lipinski definition) is 4. The van der Waals surface area contributed by atoms with E-state index in [0.717, 1.165) is 43.1 Å². The van der Waals surface area contributed by atoms with Crippen LogP contribution in [0, 0.1) is 5.82 Å². The molecule has 1 aromatic heterocycles. The van der Waals surface area contributed by atoms with Crippen LogP contribution in [0.4, 0.5) is 4.39 Å². The minimum absolute atomic E-state index is 0.310. The zero-order chi connectivity index (χ0) is 17.9. The van der Waals surface area contributed by atoms with E-state index < -0.39 is 5.82 Å². The Balaban J connectivity index is 1.40. The first kappa shape index (κ1) is 16.7. The molecule has 0 amide bonds. The van der Waals surface area contributed by atoms with E-state index in [2.05, 4.69) is 43.9 Å². The molecule has 2 heterocycles. The number of halogens is 1. The van der Waals surface area contributed by atoms with Crippen LogP contribution >= 0.6 is 0 Å². The van der Waals surface area contributed by atoms with Crippen molar-refractivity contribution in [2.24, 2.45) is 0 Å². The molecule has 0 spiro atoms. The Kier molecular flexibility index (Phi) is 4.67. The van der Waals surface area contributed by atoms with Gasteiger partial charge in [0.2, 0.25) is 0 Å². The highest BCUT2D eigenvalue weighted by Gasteiger charge is 2.21. The Bertz CT molecular complexity index is 894. The van der Waals surface area contributed by atoms with E-state index in [9.17, 15) is 9.50 Å². The standard InChI is InChI=1S/C20H21FN4O/c21-17-12-16(6-8-18(17)26)13-24-10-11-25-19(22-23-20(25)14-24)9-7-15-4-2-1-3-5-15/h1-6,8,12,26H,7,9-11,13-14H2. The SMILES string of the molecule is Oc1ccc(CN2CCn3c(CCc4ccccc4)nnc3C2)cc1F. The van der Waals surface area contributed by atoms with Crippen LogP contribution in [0.1, 0.15) is 22.8 Å². The largest absolute Gasteiger partial charge is 0.505 e. The van der Waals surface area contributed by atoms with Crippen LogP contribution < -0.4 is 0 Å². The van der Waals surface area contributed by atoms with Gasteiger partial charge < -0.3 is 9.67 Å². The topological polar surface area (TPSA) is 54.2 Å². The van der Waals surface area contributed by atoms with Gasteiger partial charge in [0.1, 0.15) is 11.6 Å². The van der Waals surface area contributed by atoms with Gasteiger partial charge in [-0.15, -0.1) is 10.2 Å². The van der Waals surface area contributed by atoms with Crippen LogP contribution in [-0.2, 0) is 32.5 Å². The number of phenols is 1. The number of nitrogens with zero attached hydrogens (tertiary/aromatic N) is 4. The van der Waals surface area contributed by atoms with Crippen molar-refractivity contribution in [2.75, 3.05) is 6.54 Å². The van der Waals surface area contributed by atoms with Crippen molar-refractivity contribution in [3.05, 3.63) is 77.1 Å². The Hall–Kier alpha value is -2.73. The summed E-state index contributed by atoms with van der Waals surface area (Å²) in [6, 6.07) is 14.9. The summed E-state index contributed by atoms with van der Waals surface area (Å²) < 4.78 is 15.7. The van der Waals surface area contributed by atoms with Crippen LogP contribution in [0.5, 0.6) is 5.75 Å². The predicted molar refractivity (Wildman–Crippen MR) is 96.1 cm³/mol. The summed E-state index contributed by atoms with van der Waals surface area (Å²) in [6.45, 7) is 3.03. The third kappa shape index (κ3) is 3.60. The van der Waals surface area contributed by atoms with E-state index in [1.807, 2.05) is 6.07 Å². The summed E-state index contributed by atoms with van der Waals surface area (Å²) in [7, 11) is 0. The summed E-state index contributed by atoms with van der Waals surface area (Å²) in [5.74, 6) is 1.10. The molecule has 0 aliphatic carbocycles. The van der Waals surface area contributed by atoms with Crippen LogP contribution in [0.2, 0.25) is 0 Å². The first-order chi connectivity index (χ1) is 12.7. The van der Waals surface area contributed by atoms with Crippen molar-refractivity contribution in [3.8, 4) is 5.75 Å². The number of benzene rings is 2. The molecule has 1 N–H and O–H groups in total. The molecule has 5 nitrogen and oxygen atoms in total. The predicted octanol–water partition coefficient (Wildman–Crippen LogP) is 2.92. The maximum atomic E-state index is 13.5. The second-order valence-corrected chi connectivity index (χ2v) is 6.67. The van der Waals surface area contributed by atoms with E-state index in [1.54, 1.807) is 6.07 Å². The highest BCUT2D eigenvalue weighted by atomic mass is 19.1. The lowest BCUT2D eigenvalue weighted by atomic mass is 10.1. The second-order valence-electron chi connectivity index (χ2n) is 6.67. The Morgan fingerprint density at radius 3 is 2.62 bits per heavy atom. The smallest absolute Gasteiger partial charge is 0.165 e. The van der Waals surface area contributed by atoms with E-state index in [0.29, 0.717) is 13.1 Å². The van der Waals surface area contributed by atoms with E-state index in [1.165, 1.54) is 17.7 Å². The maximum Gasteiger partial charge on any atom is 0.165 e. The molecule has 0 atom stereocenters. The normalized spacial score (nSPS) is 14.3. The minimum atomic E-state index is -0.578. The molecule has 6 heteroatoms. The summed E-state index contributed by atoms with van der Waals surface area (Å²) in [6.07, 6.45) is 1.83. The summed E-state index contributed by atoms with van der Waals surface area (Å²) in [5, 5.41) is 18.0. The number of fused-ring (bicyclic) bond motifs is 1. The molecule has 0 bridgehead atoms. The average molecular weight is 352 g/mol. The van der Waals surface area contributed by atoms with E-state index in [4.69, 9.17) is 0 Å². The van der Waals surface area contributed by atoms with Gasteiger partial charge in [-0.3, -0.25) is 4.90 Å². The first-order valence-electron chi connectivity index (χ1n) is 8.83. The Morgan fingerprint density at radius 1 is 0.962 bits per heavy atom. The molecule has 3 aromatic rings. The summed E-state index contributed by atoms with van der Waals surface area (Å²) >= 11 is 0. The number of aromatic nitrogens is 3. The number of aromatic hydroxyl groups is 1. The number of rotatable bonds is 5. The van der Waals surface area contributed by atoms with Crippen molar-refractivity contribution in [1.82, 2.24) is 19.7 Å². The monoisotopic (exact) mass is 352 g/mol. The van der Waals surface area contributed by atoms with Gasteiger partial charge in [0.05, 0.1) is 6.54 Å². The third-order valence-electron chi connectivity index (χ3n) is 4.81. The van der Waals surface area contributed by atoms with Gasteiger partial charge in [-0.1, -0.05) is 36.4 Å². The van der Waals surface area contributed by atoms with Gasteiger partial charge in [-0.05, 0) is 29.7 Å².